The molecule has 1 aromatic carbocycles. The molecule has 2 rings (SSSR count). The van der Waals surface area contributed by atoms with Crippen LogP contribution in [-0.2, 0) is 0 Å². The molecule has 0 radical (unpaired) electrons. The van der Waals surface area contributed by atoms with E-state index in [2.05, 4.69) is 0 Å². The molecule has 6 heteroatoms. The first-order valence-electron chi connectivity index (χ1n) is 4.95. The van der Waals surface area contributed by atoms with Gasteiger partial charge in [0.15, 0.2) is 0 Å². The summed E-state index contributed by atoms with van der Waals surface area (Å²) < 4.78 is 12.9. The van der Waals surface area contributed by atoms with E-state index >= 15 is 0 Å². The van der Waals surface area contributed by atoms with Gasteiger partial charge in [0.05, 0.1) is 11.0 Å². The fraction of sp³-hybridized carbons (Fsp3) is 0.400. The van der Waals surface area contributed by atoms with Crippen molar-refractivity contribution >= 4 is 23.1 Å². The molecule has 0 spiro atoms. The first-order valence-corrected chi connectivity index (χ1v) is 6.10. The van der Waals surface area contributed by atoms with Gasteiger partial charge in [-0.25, -0.2) is 4.39 Å². The maximum Gasteiger partial charge on any atom is 0.295 e. The van der Waals surface area contributed by atoms with Gasteiger partial charge in [-0.1, -0.05) is 0 Å². The molecular formula is C10H11FN2O2S. The molecule has 0 unspecified atom stereocenters. The van der Waals surface area contributed by atoms with Crippen molar-refractivity contribution in [3.8, 4) is 0 Å². The summed E-state index contributed by atoms with van der Waals surface area (Å²) in [5.41, 5.74) is 0.374. The van der Waals surface area contributed by atoms with Crippen molar-refractivity contribution in [3.63, 3.8) is 0 Å². The summed E-state index contributed by atoms with van der Waals surface area (Å²) in [7, 11) is 0. The van der Waals surface area contributed by atoms with Gasteiger partial charge in [-0.2, -0.15) is 11.8 Å². The van der Waals surface area contributed by atoms with E-state index in [-0.39, 0.29) is 5.69 Å². The fourth-order valence-electron chi connectivity index (χ4n) is 1.71. The zero-order chi connectivity index (χ0) is 11.5. The molecule has 0 aliphatic carbocycles. The monoisotopic (exact) mass is 242 g/mol. The Hall–Kier alpha value is -1.30. The second-order valence-electron chi connectivity index (χ2n) is 3.49. The number of halogens is 1. The van der Waals surface area contributed by atoms with E-state index in [9.17, 15) is 14.5 Å². The quantitative estimate of drug-likeness (QED) is 0.589. The van der Waals surface area contributed by atoms with Gasteiger partial charge >= 0.3 is 0 Å². The average molecular weight is 242 g/mol. The topological polar surface area (TPSA) is 46.4 Å². The highest BCUT2D eigenvalue weighted by Crippen LogP contribution is 2.30. The summed E-state index contributed by atoms with van der Waals surface area (Å²) >= 11 is 1.83. The highest BCUT2D eigenvalue weighted by atomic mass is 32.2. The van der Waals surface area contributed by atoms with Gasteiger partial charge in [0.1, 0.15) is 11.5 Å². The largest absolute Gasteiger partial charge is 0.364 e. The van der Waals surface area contributed by atoms with Crippen LogP contribution in [-0.4, -0.2) is 29.5 Å². The molecule has 0 aromatic heterocycles. The van der Waals surface area contributed by atoms with Crippen LogP contribution in [0, 0.1) is 15.9 Å². The third-order valence-electron chi connectivity index (χ3n) is 2.49. The van der Waals surface area contributed by atoms with Crippen LogP contribution in [0.3, 0.4) is 0 Å². The van der Waals surface area contributed by atoms with Crippen molar-refractivity contribution in [3.05, 3.63) is 34.1 Å². The van der Waals surface area contributed by atoms with Crippen molar-refractivity contribution < 1.29 is 9.31 Å². The second-order valence-corrected chi connectivity index (χ2v) is 4.71. The summed E-state index contributed by atoms with van der Waals surface area (Å²) in [5.74, 6) is 1.34. The fourth-order valence-corrected chi connectivity index (χ4v) is 2.62. The van der Waals surface area contributed by atoms with Gasteiger partial charge in [0.2, 0.25) is 0 Å². The maximum atomic E-state index is 12.9. The number of benzene rings is 1. The molecule has 0 amide bonds. The van der Waals surface area contributed by atoms with Gasteiger partial charge in [0.25, 0.3) is 5.69 Å². The van der Waals surface area contributed by atoms with Crippen LogP contribution in [0.25, 0.3) is 0 Å². The molecule has 1 aromatic rings. The molecule has 0 N–H and O–H groups in total. The van der Waals surface area contributed by atoms with E-state index in [1.807, 2.05) is 16.7 Å². The molecule has 1 aliphatic rings. The van der Waals surface area contributed by atoms with Crippen molar-refractivity contribution in [2.45, 2.75) is 0 Å². The van der Waals surface area contributed by atoms with E-state index in [1.165, 1.54) is 12.1 Å². The zero-order valence-electron chi connectivity index (χ0n) is 8.56. The molecule has 1 saturated heterocycles. The SMILES string of the molecule is O=[N+]([O-])c1cc(F)ccc1N1CCSCC1. The van der Waals surface area contributed by atoms with Gasteiger partial charge in [-0.05, 0) is 12.1 Å². The van der Waals surface area contributed by atoms with E-state index in [4.69, 9.17) is 0 Å². The average Bonchev–Trinajstić information content (AvgIpc) is 2.30. The van der Waals surface area contributed by atoms with Crippen molar-refractivity contribution in [2.24, 2.45) is 0 Å². The highest BCUT2D eigenvalue weighted by molar-refractivity contribution is 7.99. The van der Waals surface area contributed by atoms with Crippen molar-refractivity contribution in [1.29, 1.82) is 0 Å². The normalized spacial score (nSPS) is 16.2. The lowest BCUT2D eigenvalue weighted by Crippen LogP contribution is -2.32. The number of nitrogens with zero attached hydrogens (tertiary/aromatic N) is 2. The first kappa shape index (κ1) is 11.2. The van der Waals surface area contributed by atoms with Crippen LogP contribution in [0.2, 0.25) is 0 Å². The molecule has 86 valence electrons. The summed E-state index contributed by atoms with van der Waals surface area (Å²) in [6.45, 7) is 1.55. The first-order chi connectivity index (χ1) is 7.68. The minimum absolute atomic E-state index is 0.146. The van der Waals surface area contributed by atoms with Crippen LogP contribution in [0.4, 0.5) is 15.8 Å². The van der Waals surface area contributed by atoms with Gasteiger partial charge in [0, 0.05) is 24.6 Å². The molecule has 16 heavy (non-hydrogen) atoms. The number of nitro groups is 1. The highest BCUT2D eigenvalue weighted by Gasteiger charge is 2.21. The smallest absolute Gasteiger partial charge is 0.295 e. The summed E-state index contributed by atoms with van der Waals surface area (Å²) in [4.78, 5) is 12.2. The Morgan fingerprint density at radius 1 is 1.38 bits per heavy atom. The van der Waals surface area contributed by atoms with Crippen molar-refractivity contribution in [2.75, 3.05) is 29.5 Å². The standard InChI is InChI=1S/C10H11FN2O2S/c11-8-1-2-9(10(7-8)13(14)15)12-3-5-16-6-4-12/h1-2,7H,3-6H2. The van der Waals surface area contributed by atoms with E-state index in [0.717, 1.165) is 30.7 Å². The van der Waals surface area contributed by atoms with Crippen LogP contribution in [0.1, 0.15) is 0 Å². The minimum Gasteiger partial charge on any atom is -0.364 e. The maximum absolute atomic E-state index is 12.9. The van der Waals surface area contributed by atoms with Crippen LogP contribution < -0.4 is 4.90 Å². The summed E-state index contributed by atoms with van der Waals surface area (Å²) in [6.07, 6.45) is 0. The Morgan fingerprint density at radius 3 is 2.69 bits per heavy atom. The lowest BCUT2D eigenvalue weighted by Gasteiger charge is -2.27. The summed E-state index contributed by atoms with van der Waals surface area (Å²) in [5, 5.41) is 10.8. The zero-order valence-corrected chi connectivity index (χ0v) is 9.37. The van der Waals surface area contributed by atoms with E-state index in [0.29, 0.717) is 5.69 Å². The molecule has 4 nitrogen and oxygen atoms in total. The second kappa shape index (κ2) is 4.69. The predicted molar refractivity (Wildman–Crippen MR) is 62.6 cm³/mol. The Balaban J connectivity index is 2.34. The van der Waals surface area contributed by atoms with Gasteiger partial charge in [-0.15, -0.1) is 0 Å². The third-order valence-corrected chi connectivity index (χ3v) is 3.43. The van der Waals surface area contributed by atoms with Crippen LogP contribution >= 0.6 is 11.8 Å². The lowest BCUT2D eigenvalue weighted by atomic mass is 10.2. The molecular weight excluding hydrogens is 231 g/mol. The van der Waals surface area contributed by atoms with E-state index < -0.39 is 10.7 Å². The van der Waals surface area contributed by atoms with Gasteiger partial charge < -0.3 is 4.90 Å². The number of nitro benzene ring substituents is 1. The molecule has 1 fully saturated rings. The predicted octanol–water partition coefficient (Wildman–Crippen LogP) is 2.29. The summed E-state index contributed by atoms with van der Waals surface area (Å²) in [6, 6.07) is 3.74. The number of anilines is 1. The lowest BCUT2D eigenvalue weighted by molar-refractivity contribution is -0.384. The molecule has 1 aliphatic heterocycles. The van der Waals surface area contributed by atoms with E-state index in [1.54, 1.807) is 0 Å². The Morgan fingerprint density at radius 2 is 2.06 bits per heavy atom. The van der Waals surface area contributed by atoms with Crippen LogP contribution in [0.5, 0.6) is 0 Å². The minimum atomic E-state index is -0.568. The molecule has 0 bridgehead atoms. The Labute approximate surface area is 96.6 Å². The van der Waals surface area contributed by atoms with Crippen molar-refractivity contribution in [1.82, 2.24) is 0 Å². The number of hydrogen-bond acceptors (Lipinski definition) is 4. The molecule has 0 saturated carbocycles. The number of hydrogen-bond donors (Lipinski definition) is 0. The third kappa shape index (κ3) is 2.27. The molecule has 0 atom stereocenters. The number of thioether (sulfide) groups is 1. The number of rotatable bonds is 2. The Bertz CT molecular complexity index is 408. The molecule has 1 heterocycles. The Kier molecular flexibility index (Phi) is 3.28. The van der Waals surface area contributed by atoms with Crippen LogP contribution in [0.15, 0.2) is 18.2 Å². The van der Waals surface area contributed by atoms with Gasteiger partial charge in [-0.3, -0.25) is 10.1 Å².